The molecule has 150 valence electrons. The molecule has 2 aromatic carbocycles. The molecule has 0 aromatic heterocycles. The van der Waals surface area contributed by atoms with Gasteiger partial charge in [-0.05, 0) is 55.8 Å². The first kappa shape index (κ1) is 22.0. The molecule has 0 radical (unpaired) electrons. The van der Waals surface area contributed by atoms with E-state index in [1.807, 2.05) is 56.7 Å². The first-order valence-corrected chi connectivity index (χ1v) is 10.7. The number of hydrogen-bond donors (Lipinski definition) is 2. The number of amides is 2. The van der Waals surface area contributed by atoms with E-state index in [-0.39, 0.29) is 11.8 Å². The molecule has 5 nitrogen and oxygen atoms in total. The van der Waals surface area contributed by atoms with Crippen LogP contribution in [0.25, 0.3) is 0 Å². The Morgan fingerprint density at radius 3 is 2.29 bits per heavy atom. The van der Waals surface area contributed by atoms with Crippen molar-refractivity contribution in [1.82, 2.24) is 15.5 Å². The van der Waals surface area contributed by atoms with Crippen LogP contribution in [0, 0.1) is 0 Å². The second-order valence-electron chi connectivity index (χ2n) is 6.90. The van der Waals surface area contributed by atoms with Gasteiger partial charge in [-0.2, -0.15) is 11.8 Å². The highest BCUT2D eigenvalue weighted by atomic mass is 32.2. The van der Waals surface area contributed by atoms with Gasteiger partial charge in [0.05, 0.1) is 0 Å². The van der Waals surface area contributed by atoms with Crippen LogP contribution in [-0.4, -0.2) is 48.9 Å². The fourth-order valence-electron chi connectivity index (χ4n) is 2.87. The Balaban J connectivity index is 2.02. The topological polar surface area (TPSA) is 61.4 Å². The maximum absolute atomic E-state index is 12.8. The van der Waals surface area contributed by atoms with Gasteiger partial charge in [-0.3, -0.25) is 9.59 Å². The van der Waals surface area contributed by atoms with Crippen molar-refractivity contribution in [2.45, 2.75) is 25.6 Å². The van der Waals surface area contributed by atoms with E-state index in [4.69, 9.17) is 0 Å². The fourth-order valence-corrected chi connectivity index (χ4v) is 3.34. The van der Waals surface area contributed by atoms with Crippen LogP contribution in [0.4, 0.5) is 0 Å². The van der Waals surface area contributed by atoms with Gasteiger partial charge in [0.2, 0.25) is 5.91 Å². The maximum Gasteiger partial charge on any atom is 0.251 e. The van der Waals surface area contributed by atoms with Gasteiger partial charge in [0, 0.05) is 18.7 Å². The van der Waals surface area contributed by atoms with E-state index < -0.39 is 6.04 Å². The van der Waals surface area contributed by atoms with Crippen LogP contribution < -0.4 is 10.6 Å². The Bertz CT molecular complexity index is 765. The predicted octanol–water partition coefficient (Wildman–Crippen LogP) is 2.92. The average molecular weight is 400 g/mol. The number of rotatable bonds is 10. The van der Waals surface area contributed by atoms with E-state index in [9.17, 15) is 9.59 Å². The minimum absolute atomic E-state index is 0.155. The van der Waals surface area contributed by atoms with E-state index in [1.54, 1.807) is 23.9 Å². The van der Waals surface area contributed by atoms with E-state index >= 15 is 0 Å². The minimum Gasteiger partial charge on any atom is -0.350 e. The summed E-state index contributed by atoms with van der Waals surface area (Å²) >= 11 is 1.66. The van der Waals surface area contributed by atoms with Crippen molar-refractivity contribution < 1.29 is 9.59 Å². The molecular weight excluding hydrogens is 370 g/mol. The normalized spacial score (nSPS) is 11.9. The smallest absolute Gasteiger partial charge is 0.251 e. The zero-order valence-corrected chi connectivity index (χ0v) is 17.6. The Kier molecular flexibility index (Phi) is 9.04. The molecule has 1 atom stereocenters. The van der Waals surface area contributed by atoms with E-state index in [0.29, 0.717) is 18.5 Å². The molecular formula is C22H29N3O2S. The van der Waals surface area contributed by atoms with Crippen molar-refractivity contribution in [3.63, 3.8) is 0 Å². The Labute approximate surface area is 171 Å². The molecule has 0 spiro atoms. The number of nitrogens with zero attached hydrogens (tertiary/aromatic N) is 1. The SMILES string of the molecule is CSCC[C@H](NC(=O)c1ccccc1)C(=O)NCc1ccccc1CN(C)C. The molecule has 0 heterocycles. The summed E-state index contributed by atoms with van der Waals surface area (Å²) in [4.78, 5) is 27.3. The molecule has 0 aliphatic heterocycles. The number of carbonyl (C=O) groups excluding carboxylic acids is 2. The molecule has 0 unspecified atom stereocenters. The molecule has 2 aromatic rings. The van der Waals surface area contributed by atoms with Crippen molar-refractivity contribution in [3.8, 4) is 0 Å². The summed E-state index contributed by atoms with van der Waals surface area (Å²) in [5, 5.41) is 5.88. The van der Waals surface area contributed by atoms with Gasteiger partial charge in [0.1, 0.15) is 6.04 Å². The van der Waals surface area contributed by atoms with Crippen molar-refractivity contribution in [1.29, 1.82) is 0 Å². The molecule has 2 N–H and O–H groups in total. The third kappa shape index (κ3) is 7.02. The molecule has 0 fully saturated rings. The zero-order chi connectivity index (χ0) is 20.4. The second-order valence-corrected chi connectivity index (χ2v) is 7.88. The van der Waals surface area contributed by atoms with Crippen molar-refractivity contribution in [2.24, 2.45) is 0 Å². The Morgan fingerprint density at radius 2 is 1.64 bits per heavy atom. The van der Waals surface area contributed by atoms with E-state index in [2.05, 4.69) is 21.6 Å². The highest BCUT2D eigenvalue weighted by Gasteiger charge is 2.21. The summed E-state index contributed by atoms with van der Waals surface area (Å²) in [5.41, 5.74) is 2.82. The van der Waals surface area contributed by atoms with Crippen LogP contribution in [0.15, 0.2) is 54.6 Å². The lowest BCUT2D eigenvalue weighted by Crippen LogP contribution is -2.47. The van der Waals surface area contributed by atoms with Gasteiger partial charge in [-0.1, -0.05) is 42.5 Å². The quantitative estimate of drug-likeness (QED) is 0.645. The monoisotopic (exact) mass is 399 g/mol. The van der Waals surface area contributed by atoms with Crippen LogP contribution >= 0.6 is 11.8 Å². The molecule has 0 aliphatic rings. The van der Waals surface area contributed by atoms with Crippen LogP contribution in [0.5, 0.6) is 0 Å². The first-order valence-electron chi connectivity index (χ1n) is 9.35. The van der Waals surface area contributed by atoms with Crippen LogP contribution in [-0.2, 0) is 17.9 Å². The Morgan fingerprint density at radius 1 is 1.00 bits per heavy atom. The largest absolute Gasteiger partial charge is 0.350 e. The fraction of sp³-hybridized carbons (Fsp3) is 0.364. The lowest BCUT2D eigenvalue weighted by molar-refractivity contribution is -0.123. The predicted molar refractivity (Wildman–Crippen MR) is 116 cm³/mol. The minimum atomic E-state index is -0.554. The van der Waals surface area contributed by atoms with Crippen molar-refractivity contribution in [3.05, 3.63) is 71.3 Å². The third-order valence-corrected chi connectivity index (χ3v) is 4.97. The van der Waals surface area contributed by atoms with Crippen LogP contribution in [0.3, 0.4) is 0 Å². The Hall–Kier alpha value is -2.31. The van der Waals surface area contributed by atoms with Crippen molar-refractivity contribution in [2.75, 3.05) is 26.1 Å². The average Bonchev–Trinajstić information content (AvgIpc) is 2.70. The number of carbonyl (C=O) groups is 2. The summed E-state index contributed by atoms with van der Waals surface area (Å²) in [6, 6.07) is 16.5. The number of thioether (sulfide) groups is 1. The zero-order valence-electron chi connectivity index (χ0n) is 16.8. The third-order valence-electron chi connectivity index (χ3n) is 4.33. The lowest BCUT2D eigenvalue weighted by Gasteiger charge is -2.19. The molecule has 6 heteroatoms. The summed E-state index contributed by atoms with van der Waals surface area (Å²) in [5.74, 6) is 0.414. The van der Waals surface area contributed by atoms with Gasteiger partial charge >= 0.3 is 0 Å². The van der Waals surface area contributed by atoms with Gasteiger partial charge in [-0.15, -0.1) is 0 Å². The highest BCUT2D eigenvalue weighted by Crippen LogP contribution is 2.11. The van der Waals surface area contributed by atoms with E-state index in [0.717, 1.165) is 17.9 Å². The summed E-state index contributed by atoms with van der Waals surface area (Å²) in [6.45, 7) is 1.26. The second kappa shape index (κ2) is 11.5. The van der Waals surface area contributed by atoms with Gasteiger partial charge in [-0.25, -0.2) is 0 Å². The standard InChI is InChI=1S/C22H29N3O2S/c1-25(2)16-19-12-8-7-11-18(19)15-23-22(27)20(13-14-28-3)24-21(26)17-9-5-4-6-10-17/h4-12,20H,13-16H2,1-3H3,(H,23,27)(H,24,26)/t20-/m0/s1. The molecule has 0 saturated heterocycles. The van der Waals surface area contributed by atoms with Crippen LogP contribution in [0.1, 0.15) is 27.9 Å². The summed E-state index contributed by atoms with van der Waals surface area (Å²) in [6.07, 6.45) is 2.58. The molecule has 0 aliphatic carbocycles. The first-order chi connectivity index (χ1) is 13.5. The molecule has 28 heavy (non-hydrogen) atoms. The van der Waals surface area contributed by atoms with E-state index in [1.165, 1.54) is 5.56 Å². The van der Waals surface area contributed by atoms with Crippen molar-refractivity contribution >= 4 is 23.6 Å². The summed E-state index contributed by atoms with van der Waals surface area (Å²) in [7, 11) is 4.04. The summed E-state index contributed by atoms with van der Waals surface area (Å²) < 4.78 is 0. The number of hydrogen-bond acceptors (Lipinski definition) is 4. The molecule has 2 rings (SSSR count). The number of benzene rings is 2. The molecule has 0 saturated carbocycles. The number of nitrogens with one attached hydrogen (secondary N) is 2. The maximum atomic E-state index is 12.8. The highest BCUT2D eigenvalue weighted by molar-refractivity contribution is 7.98. The van der Waals surface area contributed by atoms with Gasteiger partial charge in [0.25, 0.3) is 5.91 Å². The lowest BCUT2D eigenvalue weighted by atomic mass is 10.1. The van der Waals surface area contributed by atoms with Crippen LogP contribution in [0.2, 0.25) is 0 Å². The molecule has 2 amide bonds. The van der Waals surface area contributed by atoms with Gasteiger partial charge in [0.15, 0.2) is 0 Å². The van der Waals surface area contributed by atoms with Gasteiger partial charge < -0.3 is 15.5 Å². The molecule has 0 bridgehead atoms.